The quantitative estimate of drug-likeness (QED) is 0.245. The summed E-state index contributed by atoms with van der Waals surface area (Å²) < 4.78 is 5.81. The second-order valence-corrected chi connectivity index (χ2v) is 7.87. The number of rotatable bonds is 8. The van der Waals surface area contributed by atoms with Crippen molar-refractivity contribution in [2.45, 2.75) is 46.1 Å². The molecule has 1 aliphatic rings. The number of nitrogens with zero attached hydrogens (tertiary/aromatic N) is 2. The molecular weight excluding hydrogens is 471 g/mol. The number of morpholine rings is 1. The van der Waals surface area contributed by atoms with Crippen LogP contribution in [0.15, 0.2) is 29.3 Å². The predicted octanol–water partition coefficient (Wildman–Crippen LogP) is 3.33. The van der Waals surface area contributed by atoms with Crippen molar-refractivity contribution in [2.75, 3.05) is 38.2 Å². The van der Waals surface area contributed by atoms with E-state index < -0.39 is 0 Å². The average molecular weight is 506 g/mol. The first-order chi connectivity index (χ1) is 12.6. The van der Waals surface area contributed by atoms with E-state index in [-0.39, 0.29) is 24.0 Å². The topological polar surface area (TPSA) is 48.9 Å². The fourth-order valence-corrected chi connectivity index (χ4v) is 3.51. The van der Waals surface area contributed by atoms with Gasteiger partial charge in [-0.2, -0.15) is 11.8 Å². The van der Waals surface area contributed by atoms with Crippen LogP contribution in [-0.2, 0) is 17.8 Å². The Hall–Kier alpha value is -0.510. The molecule has 5 nitrogen and oxygen atoms in total. The Labute approximate surface area is 186 Å². The van der Waals surface area contributed by atoms with Gasteiger partial charge in [-0.25, -0.2) is 4.99 Å². The molecule has 0 aliphatic carbocycles. The highest BCUT2D eigenvalue weighted by Gasteiger charge is 2.21. The maximum Gasteiger partial charge on any atom is 0.191 e. The molecule has 27 heavy (non-hydrogen) atoms. The number of ether oxygens (including phenoxy) is 1. The van der Waals surface area contributed by atoms with Gasteiger partial charge in [0.1, 0.15) is 0 Å². The Morgan fingerprint density at radius 2 is 1.78 bits per heavy atom. The first kappa shape index (κ1) is 24.5. The summed E-state index contributed by atoms with van der Waals surface area (Å²) in [4.78, 5) is 7.16. The molecule has 1 fully saturated rings. The summed E-state index contributed by atoms with van der Waals surface area (Å²) in [6.07, 6.45) is 2.75. The molecule has 2 unspecified atom stereocenters. The SMILES string of the molecule is CCNC(=NCc1ccc(CN2CC(C)OC(C)C2)cc1)NCCSC.I. The maximum absolute atomic E-state index is 5.81. The van der Waals surface area contributed by atoms with E-state index in [4.69, 9.17) is 4.74 Å². The van der Waals surface area contributed by atoms with Crippen LogP contribution in [0, 0.1) is 0 Å². The second kappa shape index (κ2) is 13.6. The van der Waals surface area contributed by atoms with E-state index in [9.17, 15) is 0 Å². The maximum atomic E-state index is 5.81. The van der Waals surface area contributed by atoms with Crippen LogP contribution in [-0.4, -0.2) is 61.3 Å². The molecule has 2 atom stereocenters. The van der Waals surface area contributed by atoms with Gasteiger partial charge in [-0.1, -0.05) is 24.3 Å². The molecule has 154 valence electrons. The van der Waals surface area contributed by atoms with Crippen molar-refractivity contribution in [2.24, 2.45) is 4.99 Å². The summed E-state index contributed by atoms with van der Waals surface area (Å²) in [6, 6.07) is 8.84. The molecule has 0 bridgehead atoms. The lowest BCUT2D eigenvalue weighted by Crippen LogP contribution is -2.44. The van der Waals surface area contributed by atoms with Crippen LogP contribution in [0.1, 0.15) is 31.9 Å². The van der Waals surface area contributed by atoms with Gasteiger partial charge < -0.3 is 15.4 Å². The Morgan fingerprint density at radius 3 is 2.37 bits per heavy atom. The molecular formula is C20H35IN4OS. The lowest BCUT2D eigenvalue weighted by molar-refractivity contribution is -0.0704. The van der Waals surface area contributed by atoms with Crippen LogP contribution in [0.25, 0.3) is 0 Å². The molecule has 2 N–H and O–H groups in total. The molecule has 0 amide bonds. The molecule has 0 radical (unpaired) electrons. The molecule has 1 heterocycles. The third-order valence-electron chi connectivity index (χ3n) is 4.29. The number of guanidine groups is 1. The zero-order valence-corrected chi connectivity index (χ0v) is 20.2. The van der Waals surface area contributed by atoms with Crippen molar-refractivity contribution in [1.29, 1.82) is 0 Å². The van der Waals surface area contributed by atoms with E-state index in [1.54, 1.807) is 0 Å². The van der Waals surface area contributed by atoms with E-state index in [2.05, 4.69) is 71.8 Å². The lowest BCUT2D eigenvalue weighted by Gasteiger charge is -2.35. The highest BCUT2D eigenvalue weighted by Crippen LogP contribution is 2.15. The minimum atomic E-state index is 0. The summed E-state index contributed by atoms with van der Waals surface area (Å²) in [5.41, 5.74) is 2.59. The van der Waals surface area contributed by atoms with Crippen LogP contribution in [0.5, 0.6) is 0 Å². The van der Waals surface area contributed by atoms with Crippen LogP contribution in [0.2, 0.25) is 0 Å². The van der Waals surface area contributed by atoms with Crippen LogP contribution < -0.4 is 10.6 Å². The van der Waals surface area contributed by atoms with E-state index in [0.717, 1.165) is 44.4 Å². The number of halogens is 1. The van der Waals surface area contributed by atoms with Gasteiger partial charge in [-0.3, -0.25) is 4.90 Å². The third-order valence-corrected chi connectivity index (χ3v) is 4.90. The first-order valence-electron chi connectivity index (χ1n) is 9.57. The summed E-state index contributed by atoms with van der Waals surface area (Å²) >= 11 is 1.84. The van der Waals surface area contributed by atoms with Gasteiger partial charge in [0.2, 0.25) is 0 Å². The fraction of sp³-hybridized carbons (Fsp3) is 0.650. The number of aliphatic imine (C=N–C) groups is 1. The van der Waals surface area contributed by atoms with Crippen LogP contribution in [0.4, 0.5) is 0 Å². The molecule has 1 aromatic rings. The van der Waals surface area contributed by atoms with E-state index in [1.165, 1.54) is 11.1 Å². The monoisotopic (exact) mass is 506 g/mol. The van der Waals surface area contributed by atoms with Gasteiger partial charge in [0, 0.05) is 38.5 Å². The summed E-state index contributed by atoms with van der Waals surface area (Å²) in [7, 11) is 0. The normalized spacial score (nSPS) is 20.8. The third kappa shape index (κ3) is 9.49. The number of thioether (sulfide) groups is 1. The van der Waals surface area contributed by atoms with E-state index in [0.29, 0.717) is 18.8 Å². The molecule has 1 aromatic carbocycles. The van der Waals surface area contributed by atoms with Crippen molar-refractivity contribution in [3.8, 4) is 0 Å². The summed E-state index contributed by atoms with van der Waals surface area (Å²) in [5, 5.41) is 6.66. The number of nitrogens with one attached hydrogen (secondary N) is 2. The van der Waals surface area contributed by atoms with Gasteiger partial charge in [-0.15, -0.1) is 24.0 Å². The number of hydrogen-bond donors (Lipinski definition) is 2. The van der Waals surface area contributed by atoms with Crippen molar-refractivity contribution >= 4 is 41.7 Å². The van der Waals surface area contributed by atoms with Crippen LogP contribution in [0.3, 0.4) is 0 Å². The van der Waals surface area contributed by atoms with Gasteiger partial charge in [-0.05, 0) is 38.2 Å². The number of benzene rings is 1. The molecule has 2 rings (SSSR count). The van der Waals surface area contributed by atoms with Crippen molar-refractivity contribution < 1.29 is 4.74 Å². The van der Waals surface area contributed by atoms with Crippen molar-refractivity contribution in [3.63, 3.8) is 0 Å². The van der Waals surface area contributed by atoms with Gasteiger partial charge in [0.05, 0.1) is 18.8 Å². The lowest BCUT2D eigenvalue weighted by atomic mass is 10.1. The fourth-order valence-electron chi connectivity index (χ4n) is 3.21. The minimum absolute atomic E-state index is 0. The highest BCUT2D eigenvalue weighted by atomic mass is 127. The number of hydrogen-bond acceptors (Lipinski definition) is 4. The smallest absolute Gasteiger partial charge is 0.191 e. The largest absolute Gasteiger partial charge is 0.373 e. The Bertz CT molecular complexity index is 545. The van der Waals surface area contributed by atoms with Gasteiger partial charge >= 0.3 is 0 Å². The molecule has 1 saturated heterocycles. The van der Waals surface area contributed by atoms with Crippen molar-refractivity contribution in [1.82, 2.24) is 15.5 Å². The standard InChI is InChI=1S/C20H34N4OS.HI/c1-5-21-20(22-10-11-26-4)23-12-18-6-8-19(9-7-18)15-24-13-16(2)25-17(3)14-24;/h6-9,16-17H,5,10-15H2,1-4H3,(H2,21,22,23);1H. The molecule has 1 aliphatic heterocycles. The summed E-state index contributed by atoms with van der Waals surface area (Å²) in [6.45, 7) is 11.9. The van der Waals surface area contributed by atoms with Gasteiger partial charge in [0.15, 0.2) is 5.96 Å². The Kier molecular flexibility index (Phi) is 12.4. The zero-order valence-electron chi connectivity index (χ0n) is 17.0. The van der Waals surface area contributed by atoms with Gasteiger partial charge in [0.25, 0.3) is 0 Å². The predicted molar refractivity (Wildman–Crippen MR) is 128 cm³/mol. The second-order valence-electron chi connectivity index (χ2n) is 6.88. The van der Waals surface area contributed by atoms with E-state index in [1.807, 2.05) is 11.8 Å². The Balaban J connectivity index is 0.00000364. The van der Waals surface area contributed by atoms with Crippen LogP contribution >= 0.6 is 35.7 Å². The van der Waals surface area contributed by atoms with Crippen molar-refractivity contribution in [3.05, 3.63) is 35.4 Å². The molecule has 0 spiro atoms. The minimum Gasteiger partial charge on any atom is -0.373 e. The Morgan fingerprint density at radius 1 is 1.15 bits per heavy atom. The van der Waals surface area contributed by atoms with E-state index >= 15 is 0 Å². The molecule has 7 heteroatoms. The molecule has 0 aromatic heterocycles. The summed E-state index contributed by atoms with van der Waals surface area (Å²) in [5.74, 6) is 1.97. The highest BCUT2D eigenvalue weighted by molar-refractivity contribution is 14.0. The first-order valence-corrected chi connectivity index (χ1v) is 11.0. The average Bonchev–Trinajstić information content (AvgIpc) is 2.60. The molecule has 0 saturated carbocycles. The zero-order chi connectivity index (χ0) is 18.8.